The van der Waals surface area contributed by atoms with Crippen LogP contribution in [0.5, 0.6) is 0 Å². The average Bonchev–Trinajstić information content (AvgIpc) is 2.87. The number of fused-ring (bicyclic) bond motifs is 1. The van der Waals surface area contributed by atoms with Crippen LogP contribution < -0.4 is 0 Å². The first-order valence-electron chi connectivity index (χ1n) is 5.29. The number of rotatable bonds is 2. The van der Waals surface area contributed by atoms with Crippen molar-refractivity contribution in [1.82, 2.24) is 10.1 Å². The van der Waals surface area contributed by atoms with Gasteiger partial charge < -0.3 is 9.63 Å². The summed E-state index contributed by atoms with van der Waals surface area (Å²) in [6.07, 6.45) is 3.39. The summed E-state index contributed by atoms with van der Waals surface area (Å²) in [6, 6.07) is 9.08. The molecule has 0 amide bonds. The normalized spacial score (nSPS) is 10.7. The van der Waals surface area contributed by atoms with E-state index in [1.165, 1.54) is 6.07 Å². The lowest BCUT2D eigenvalue weighted by molar-refractivity contribution is 0.0652. The molecular formula is C13H8N2O3. The Morgan fingerprint density at radius 1 is 1.22 bits per heavy atom. The first-order chi connectivity index (χ1) is 8.75. The minimum atomic E-state index is -1.14. The number of hydrogen-bond donors (Lipinski definition) is 1. The molecule has 1 N–H and O–H groups in total. The molecule has 0 fully saturated rings. The molecule has 0 saturated carbocycles. The van der Waals surface area contributed by atoms with Gasteiger partial charge in [-0.2, -0.15) is 0 Å². The second kappa shape index (κ2) is 3.96. The molecular weight excluding hydrogens is 232 g/mol. The van der Waals surface area contributed by atoms with E-state index in [9.17, 15) is 4.79 Å². The minimum Gasteiger partial charge on any atom is -0.475 e. The zero-order valence-electron chi connectivity index (χ0n) is 9.20. The Hall–Kier alpha value is -2.69. The Morgan fingerprint density at radius 2 is 2.06 bits per heavy atom. The monoisotopic (exact) mass is 240 g/mol. The Balaban J connectivity index is 2.21. The number of benzene rings is 1. The number of nitrogens with zero attached hydrogens (tertiary/aromatic N) is 2. The molecule has 0 spiro atoms. The van der Waals surface area contributed by atoms with E-state index in [0.717, 1.165) is 16.3 Å². The van der Waals surface area contributed by atoms with Gasteiger partial charge in [-0.15, -0.1) is 0 Å². The molecule has 2 heterocycles. The van der Waals surface area contributed by atoms with Crippen molar-refractivity contribution in [1.29, 1.82) is 0 Å². The summed E-state index contributed by atoms with van der Waals surface area (Å²) in [4.78, 5) is 14.9. The van der Waals surface area contributed by atoms with Crippen molar-refractivity contribution >= 4 is 16.7 Å². The summed E-state index contributed by atoms with van der Waals surface area (Å²) in [5.74, 6) is -1.32. The minimum absolute atomic E-state index is 0.182. The summed E-state index contributed by atoms with van der Waals surface area (Å²) in [7, 11) is 0. The van der Waals surface area contributed by atoms with Crippen molar-refractivity contribution in [2.75, 3.05) is 0 Å². The summed E-state index contributed by atoms with van der Waals surface area (Å²) in [6.45, 7) is 0. The second-order valence-electron chi connectivity index (χ2n) is 3.79. The van der Waals surface area contributed by atoms with Gasteiger partial charge in [-0.25, -0.2) is 4.79 Å². The third-order valence-corrected chi connectivity index (χ3v) is 2.67. The highest BCUT2D eigenvalue weighted by molar-refractivity contribution is 5.95. The summed E-state index contributed by atoms with van der Waals surface area (Å²) >= 11 is 0. The fourth-order valence-corrected chi connectivity index (χ4v) is 1.82. The molecule has 0 saturated heterocycles. The highest BCUT2D eigenvalue weighted by atomic mass is 16.5. The molecule has 5 heteroatoms. The molecule has 0 bridgehead atoms. The van der Waals surface area contributed by atoms with Crippen LogP contribution in [0.1, 0.15) is 10.6 Å². The number of carboxylic acids is 1. The fraction of sp³-hybridized carbons (Fsp3) is 0. The molecule has 18 heavy (non-hydrogen) atoms. The quantitative estimate of drug-likeness (QED) is 0.745. The largest absolute Gasteiger partial charge is 0.475 e. The van der Waals surface area contributed by atoms with Crippen molar-refractivity contribution < 1.29 is 14.4 Å². The average molecular weight is 240 g/mol. The molecule has 0 aliphatic rings. The third kappa shape index (κ3) is 1.62. The molecule has 3 aromatic rings. The van der Waals surface area contributed by atoms with Crippen molar-refractivity contribution in [3.63, 3.8) is 0 Å². The van der Waals surface area contributed by atoms with Crippen LogP contribution in [0.3, 0.4) is 0 Å². The zero-order valence-corrected chi connectivity index (χ0v) is 9.20. The van der Waals surface area contributed by atoms with Crippen molar-refractivity contribution in [2.45, 2.75) is 0 Å². The van der Waals surface area contributed by atoms with E-state index in [2.05, 4.69) is 10.1 Å². The predicted octanol–water partition coefficient (Wildman–Crippen LogP) is 2.59. The fourth-order valence-electron chi connectivity index (χ4n) is 1.82. The molecule has 0 radical (unpaired) electrons. The van der Waals surface area contributed by atoms with E-state index in [0.29, 0.717) is 5.69 Å². The van der Waals surface area contributed by atoms with Gasteiger partial charge in [0.25, 0.3) is 0 Å². The van der Waals surface area contributed by atoms with Gasteiger partial charge in [-0.1, -0.05) is 29.4 Å². The van der Waals surface area contributed by atoms with Crippen molar-refractivity contribution in [3.8, 4) is 11.3 Å². The maximum Gasteiger partial charge on any atom is 0.374 e. The van der Waals surface area contributed by atoms with Crippen LogP contribution >= 0.6 is 0 Å². The summed E-state index contributed by atoms with van der Waals surface area (Å²) in [5.41, 5.74) is 1.22. The number of carboxylic acid groups (broad SMARTS) is 1. The van der Waals surface area contributed by atoms with E-state index in [4.69, 9.17) is 9.63 Å². The maximum atomic E-state index is 10.8. The lowest BCUT2D eigenvalue weighted by Crippen LogP contribution is -1.91. The number of aromatic carboxylic acids is 1. The van der Waals surface area contributed by atoms with Crippen LogP contribution in [0.15, 0.2) is 47.2 Å². The van der Waals surface area contributed by atoms with Crippen molar-refractivity contribution in [2.24, 2.45) is 0 Å². The molecule has 0 aliphatic heterocycles. The number of hydrogen-bond acceptors (Lipinski definition) is 4. The Labute approximate surface area is 102 Å². The standard InChI is InChI=1S/C13H8N2O3/c16-13(17)12-5-11(15-18-12)10-7-14-6-8-3-1-2-4-9(8)10/h1-7H,(H,16,17). The van der Waals surface area contributed by atoms with Gasteiger partial charge >= 0.3 is 5.97 Å². The first-order valence-corrected chi connectivity index (χ1v) is 5.29. The predicted molar refractivity (Wildman–Crippen MR) is 64.2 cm³/mol. The van der Waals surface area contributed by atoms with E-state index in [-0.39, 0.29) is 5.76 Å². The molecule has 88 valence electrons. The number of pyridine rings is 1. The lowest BCUT2D eigenvalue weighted by Gasteiger charge is -2.01. The topological polar surface area (TPSA) is 76.2 Å². The molecule has 2 aromatic heterocycles. The van der Waals surface area contributed by atoms with Crippen LogP contribution in [-0.4, -0.2) is 21.2 Å². The molecule has 1 aromatic carbocycles. The Morgan fingerprint density at radius 3 is 2.83 bits per heavy atom. The Bertz CT molecular complexity index is 728. The Kier molecular flexibility index (Phi) is 2.30. The van der Waals surface area contributed by atoms with Gasteiger partial charge in [0.1, 0.15) is 5.69 Å². The van der Waals surface area contributed by atoms with E-state index < -0.39 is 5.97 Å². The van der Waals surface area contributed by atoms with Crippen LogP contribution in [-0.2, 0) is 0 Å². The first kappa shape index (κ1) is 10.5. The van der Waals surface area contributed by atoms with Gasteiger partial charge in [0.2, 0.25) is 5.76 Å². The number of aromatic nitrogens is 2. The smallest absolute Gasteiger partial charge is 0.374 e. The third-order valence-electron chi connectivity index (χ3n) is 2.67. The van der Waals surface area contributed by atoms with E-state index in [1.807, 2.05) is 24.3 Å². The zero-order chi connectivity index (χ0) is 12.5. The van der Waals surface area contributed by atoms with Gasteiger partial charge in [0.15, 0.2) is 0 Å². The number of carbonyl (C=O) groups is 1. The lowest BCUT2D eigenvalue weighted by atomic mass is 10.1. The van der Waals surface area contributed by atoms with Gasteiger partial charge in [-0.05, 0) is 5.39 Å². The van der Waals surface area contributed by atoms with Gasteiger partial charge in [0.05, 0.1) is 0 Å². The molecule has 0 atom stereocenters. The molecule has 0 unspecified atom stereocenters. The summed E-state index contributed by atoms with van der Waals surface area (Å²) in [5, 5.41) is 14.5. The molecule has 3 rings (SSSR count). The van der Waals surface area contributed by atoms with Crippen LogP contribution in [0.4, 0.5) is 0 Å². The SMILES string of the molecule is O=C(O)c1cc(-c2cncc3ccccc23)no1. The van der Waals surface area contributed by atoms with Gasteiger partial charge in [0, 0.05) is 29.4 Å². The molecule has 5 nitrogen and oxygen atoms in total. The van der Waals surface area contributed by atoms with E-state index >= 15 is 0 Å². The van der Waals surface area contributed by atoms with Gasteiger partial charge in [-0.3, -0.25) is 4.98 Å². The van der Waals surface area contributed by atoms with Crippen molar-refractivity contribution in [3.05, 3.63) is 48.5 Å². The van der Waals surface area contributed by atoms with Crippen LogP contribution in [0.2, 0.25) is 0 Å². The highest BCUT2D eigenvalue weighted by Crippen LogP contribution is 2.26. The summed E-state index contributed by atoms with van der Waals surface area (Å²) < 4.78 is 4.75. The van der Waals surface area contributed by atoms with Crippen LogP contribution in [0.25, 0.3) is 22.0 Å². The molecule has 0 aliphatic carbocycles. The highest BCUT2D eigenvalue weighted by Gasteiger charge is 2.14. The maximum absolute atomic E-state index is 10.8. The van der Waals surface area contributed by atoms with Crippen LogP contribution in [0, 0.1) is 0 Å². The second-order valence-corrected chi connectivity index (χ2v) is 3.79. The van der Waals surface area contributed by atoms with E-state index in [1.54, 1.807) is 12.4 Å².